The third-order valence-electron chi connectivity index (χ3n) is 2.21. The van der Waals surface area contributed by atoms with E-state index >= 15 is 0 Å². The fourth-order valence-corrected chi connectivity index (χ4v) is 1.35. The monoisotopic (exact) mass is 196 g/mol. The lowest BCUT2D eigenvalue weighted by Gasteiger charge is -1.97. The molecular weight excluding hydrogens is 184 g/mol. The van der Waals surface area contributed by atoms with E-state index in [2.05, 4.69) is 35.1 Å². The molecule has 0 aliphatic rings. The zero-order valence-corrected chi connectivity index (χ0v) is 8.59. The van der Waals surface area contributed by atoms with Crippen LogP contribution in [0.1, 0.15) is 16.8 Å². The van der Waals surface area contributed by atoms with Crippen molar-refractivity contribution in [3.63, 3.8) is 0 Å². The van der Waals surface area contributed by atoms with Crippen LogP contribution < -0.4 is 0 Å². The molecule has 0 unspecified atom stereocenters. The van der Waals surface area contributed by atoms with Crippen molar-refractivity contribution in [1.29, 1.82) is 0 Å². The summed E-state index contributed by atoms with van der Waals surface area (Å²) in [7, 11) is 0. The van der Waals surface area contributed by atoms with E-state index < -0.39 is 0 Å². The Morgan fingerprint density at radius 2 is 1.93 bits per heavy atom. The summed E-state index contributed by atoms with van der Waals surface area (Å²) in [4.78, 5) is 8.18. The summed E-state index contributed by atoms with van der Waals surface area (Å²) in [5, 5.41) is 0. The minimum atomic E-state index is 0.876. The molecule has 0 N–H and O–H groups in total. The molecular formula is C13H12N2. The lowest BCUT2D eigenvalue weighted by atomic mass is 10.1. The van der Waals surface area contributed by atoms with Gasteiger partial charge in [0, 0.05) is 12.4 Å². The van der Waals surface area contributed by atoms with Crippen LogP contribution in [0.3, 0.4) is 0 Å². The second kappa shape index (κ2) is 4.51. The molecule has 2 nitrogen and oxygen atoms in total. The lowest BCUT2D eigenvalue weighted by molar-refractivity contribution is 1.18. The van der Waals surface area contributed by atoms with Gasteiger partial charge in [0.1, 0.15) is 0 Å². The van der Waals surface area contributed by atoms with E-state index in [1.165, 1.54) is 11.1 Å². The largest absolute Gasteiger partial charge is 0.261 e. The molecule has 0 saturated heterocycles. The number of benzene rings is 1. The Kier molecular flexibility index (Phi) is 2.88. The normalized spacial score (nSPS) is 10.7. The van der Waals surface area contributed by atoms with Crippen LogP contribution in [-0.4, -0.2) is 9.97 Å². The number of hydrogen-bond acceptors (Lipinski definition) is 2. The van der Waals surface area contributed by atoms with Crippen LogP contribution in [0, 0.1) is 6.92 Å². The molecule has 0 fully saturated rings. The molecule has 2 aromatic rings. The maximum Gasteiger partial charge on any atom is 0.0813 e. The Morgan fingerprint density at radius 1 is 1.07 bits per heavy atom. The Balaban J connectivity index is 2.23. The van der Waals surface area contributed by atoms with Gasteiger partial charge in [0.05, 0.1) is 11.9 Å². The molecule has 1 heterocycles. The van der Waals surface area contributed by atoms with E-state index in [0.717, 1.165) is 5.69 Å². The average molecular weight is 196 g/mol. The first-order valence-electron chi connectivity index (χ1n) is 4.86. The Morgan fingerprint density at radius 3 is 2.67 bits per heavy atom. The van der Waals surface area contributed by atoms with Crippen LogP contribution in [0.2, 0.25) is 0 Å². The average Bonchev–Trinajstić information content (AvgIpc) is 2.29. The maximum absolute atomic E-state index is 4.17. The molecule has 0 aliphatic carbocycles. The summed E-state index contributed by atoms with van der Waals surface area (Å²) < 4.78 is 0. The summed E-state index contributed by atoms with van der Waals surface area (Å²) in [6, 6.07) is 8.25. The summed E-state index contributed by atoms with van der Waals surface area (Å²) >= 11 is 0. The quantitative estimate of drug-likeness (QED) is 0.738. The highest BCUT2D eigenvalue weighted by molar-refractivity contribution is 5.69. The highest BCUT2D eigenvalue weighted by Crippen LogP contribution is 2.10. The van der Waals surface area contributed by atoms with Gasteiger partial charge >= 0.3 is 0 Å². The van der Waals surface area contributed by atoms with Gasteiger partial charge in [0.25, 0.3) is 0 Å². The Bertz CT molecular complexity index is 461. The van der Waals surface area contributed by atoms with Crippen LogP contribution in [0.4, 0.5) is 0 Å². The van der Waals surface area contributed by atoms with E-state index in [1.54, 1.807) is 18.6 Å². The third-order valence-corrected chi connectivity index (χ3v) is 2.21. The van der Waals surface area contributed by atoms with Crippen LogP contribution in [0.15, 0.2) is 42.9 Å². The van der Waals surface area contributed by atoms with Gasteiger partial charge in [-0.05, 0) is 24.1 Å². The summed E-state index contributed by atoms with van der Waals surface area (Å²) in [6.45, 7) is 2.09. The zero-order valence-electron chi connectivity index (χ0n) is 8.59. The van der Waals surface area contributed by atoms with Crippen molar-refractivity contribution >= 4 is 12.2 Å². The zero-order chi connectivity index (χ0) is 10.5. The molecule has 74 valence electrons. The molecule has 0 bridgehead atoms. The first-order valence-corrected chi connectivity index (χ1v) is 4.86. The van der Waals surface area contributed by atoms with Gasteiger partial charge in [-0.25, -0.2) is 0 Å². The Labute approximate surface area is 89.3 Å². The van der Waals surface area contributed by atoms with Crippen molar-refractivity contribution in [2.45, 2.75) is 6.92 Å². The number of hydrogen-bond donors (Lipinski definition) is 0. The number of aromatic nitrogens is 2. The first-order chi connectivity index (χ1) is 7.36. The van der Waals surface area contributed by atoms with Crippen LogP contribution >= 0.6 is 0 Å². The van der Waals surface area contributed by atoms with Crippen LogP contribution in [0.5, 0.6) is 0 Å². The minimum absolute atomic E-state index is 0.876. The molecule has 2 heteroatoms. The number of aryl methyl sites for hydroxylation is 1. The maximum atomic E-state index is 4.17. The van der Waals surface area contributed by atoms with E-state index in [4.69, 9.17) is 0 Å². The van der Waals surface area contributed by atoms with E-state index in [9.17, 15) is 0 Å². The molecule has 0 radical (unpaired) electrons. The molecule has 0 saturated carbocycles. The van der Waals surface area contributed by atoms with Crippen molar-refractivity contribution in [3.8, 4) is 0 Å². The fraction of sp³-hybridized carbons (Fsp3) is 0.0769. The van der Waals surface area contributed by atoms with Gasteiger partial charge in [-0.2, -0.15) is 0 Å². The van der Waals surface area contributed by atoms with Gasteiger partial charge in [-0.1, -0.05) is 30.3 Å². The highest BCUT2D eigenvalue weighted by Gasteiger charge is 1.91. The Hall–Kier alpha value is -1.96. The minimum Gasteiger partial charge on any atom is -0.261 e. The predicted octanol–water partition coefficient (Wildman–Crippen LogP) is 2.96. The van der Waals surface area contributed by atoms with Gasteiger partial charge in [-0.15, -0.1) is 0 Å². The summed E-state index contributed by atoms with van der Waals surface area (Å²) in [5.41, 5.74) is 3.35. The highest BCUT2D eigenvalue weighted by atomic mass is 14.7. The van der Waals surface area contributed by atoms with Crippen LogP contribution in [-0.2, 0) is 0 Å². The molecule has 15 heavy (non-hydrogen) atoms. The molecule has 2 rings (SSSR count). The van der Waals surface area contributed by atoms with E-state index in [1.807, 2.05) is 18.2 Å². The fourth-order valence-electron chi connectivity index (χ4n) is 1.35. The third kappa shape index (κ3) is 2.50. The second-order valence-corrected chi connectivity index (χ2v) is 3.32. The van der Waals surface area contributed by atoms with Crippen molar-refractivity contribution in [3.05, 3.63) is 59.7 Å². The van der Waals surface area contributed by atoms with Crippen molar-refractivity contribution < 1.29 is 0 Å². The standard InChI is InChI=1S/C13H12N2/c1-11-4-2-3-5-12(11)6-7-13-10-14-8-9-15-13/h2-10H,1H3. The lowest BCUT2D eigenvalue weighted by Crippen LogP contribution is -1.81. The van der Waals surface area contributed by atoms with E-state index in [0.29, 0.717) is 0 Å². The molecule has 0 aliphatic heterocycles. The van der Waals surface area contributed by atoms with Crippen molar-refractivity contribution in [2.24, 2.45) is 0 Å². The van der Waals surface area contributed by atoms with E-state index in [-0.39, 0.29) is 0 Å². The summed E-state index contributed by atoms with van der Waals surface area (Å²) in [6.07, 6.45) is 9.13. The van der Waals surface area contributed by atoms with Crippen molar-refractivity contribution in [2.75, 3.05) is 0 Å². The SMILES string of the molecule is Cc1ccccc1C=Cc1cnccn1. The summed E-state index contributed by atoms with van der Waals surface area (Å²) in [5.74, 6) is 0. The topological polar surface area (TPSA) is 25.8 Å². The predicted molar refractivity (Wildman–Crippen MR) is 62.1 cm³/mol. The van der Waals surface area contributed by atoms with Crippen LogP contribution in [0.25, 0.3) is 12.2 Å². The molecule has 1 aromatic carbocycles. The molecule has 1 aromatic heterocycles. The molecule has 0 spiro atoms. The first kappa shape index (κ1) is 9.59. The number of rotatable bonds is 2. The van der Waals surface area contributed by atoms with Gasteiger partial charge in [0.15, 0.2) is 0 Å². The van der Waals surface area contributed by atoms with Gasteiger partial charge in [-0.3, -0.25) is 9.97 Å². The second-order valence-electron chi connectivity index (χ2n) is 3.32. The van der Waals surface area contributed by atoms with Crippen molar-refractivity contribution in [1.82, 2.24) is 9.97 Å². The molecule has 0 atom stereocenters. The van der Waals surface area contributed by atoms with Gasteiger partial charge < -0.3 is 0 Å². The van der Waals surface area contributed by atoms with Gasteiger partial charge in [0.2, 0.25) is 0 Å². The smallest absolute Gasteiger partial charge is 0.0813 e. The number of nitrogens with zero attached hydrogens (tertiary/aromatic N) is 2. The molecule has 0 amide bonds.